The van der Waals surface area contributed by atoms with E-state index in [0.717, 1.165) is 36.8 Å². The molecule has 2 aliphatic rings. The second-order valence-electron chi connectivity index (χ2n) is 7.31. The second kappa shape index (κ2) is 6.46. The molecule has 2 aromatic heterocycles. The standard InChI is InChI=1S/C19H22N2O3S2/c1-13-11-16(15-6-10-25-17(15)26(13,23)24)21-18(22)19(7-2-3-8-19)14-5-4-9-20-12-14/h4-6,9-10,12-13,16H,2-3,7-8,11H2,1H3,(H,21,22)/t13-,16-/m0/s1. The van der Waals surface area contributed by atoms with Gasteiger partial charge in [-0.25, -0.2) is 8.42 Å². The Bertz CT molecular complexity index is 915. The van der Waals surface area contributed by atoms with Gasteiger partial charge in [0, 0.05) is 18.0 Å². The molecule has 1 aliphatic heterocycles. The fourth-order valence-corrected chi connectivity index (χ4v) is 7.50. The summed E-state index contributed by atoms with van der Waals surface area (Å²) in [5, 5.41) is 4.49. The molecule has 1 aliphatic carbocycles. The first-order chi connectivity index (χ1) is 12.4. The van der Waals surface area contributed by atoms with Gasteiger partial charge in [-0.2, -0.15) is 0 Å². The van der Waals surface area contributed by atoms with Crippen LogP contribution in [0.15, 0.2) is 40.2 Å². The van der Waals surface area contributed by atoms with E-state index in [2.05, 4.69) is 10.3 Å². The molecule has 2 atom stereocenters. The number of nitrogens with one attached hydrogen (secondary N) is 1. The highest BCUT2D eigenvalue weighted by Gasteiger charge is 2.45. The third-order valence-corrected chi connectivity index (χ3v) is 9.51. The van der Waals surface area contributed by atoms with Gasteiger partial charge >= 0.3 is 0 Å². The fourth-order valence-electron chi connectivity index (χ4n) is 4.27. The first-order valence-electron chi connectivity index (χ1n) is 8.98. The Labute approximate surface area is 157 Å². The average Bonchev–Trinajstić information content (AvgIpc) is 3.31. The minimum absolute atomic E-state index is 0.00310. The van der Waals surface area contributed by atoms with Crippen LogP contribution in [-0.4, -0.2) is 24.6 Å². The summed E-state index contributed by atoms with van der Waals surface area (Å²) < 4.78 is 25.5. The summed E-state index contributed by atoms with van der Waals surface area (Å²) in [4.78, 5) is 17.6. The van der Waals surface area contributed by atoms with Crippen LogP contribution in [0.2, 0.25) is 0 Å². The molecule has 1 fully saturated rings. The van der Waals surface area contributed by atoms with Gasteiger partial charge in [0.05, 0.1) is 16.7 Å². The van der Waals surface area contributed by atoms with Crippen molar-refractivity contribution in [1.29, 1.82) is 0 Å². The Hall–Kier alpha value is -1.73. The lowest BCUT2D eigenvalue weighted by molar-refractivity contribution is -0.127. The van der Waals surface area contributed by atoms with Gasteiger partial charge in [0.2, 0.25) is 5.91 Å². The molecule has 26 heavy (non-hydrogen) atoms. The van der Waals surface area contributed by atoms with Crippen molar-refractivity contribution < 1.29 is 13.2 Å². The van der Waals surface area contributed by atoms with Crippen LogP contribution < -0.4 is 5.32 Å². The number of nitrogens with zero attached hydrogens (tertiary/aromatic N) is 1. The van der Waals surface area contributed by atoms with Crippen molar-refractivity contribution in [2.45, 2.75) is 59.9 Å². The Balaban J connectivity index is 1.66. The number of carbonyl (C=O) groups is 1. The summed E-state index contributed by atoms with van der Waals surface area (Å²) in [7, 11) is -3.28. The average molecular weight is 391 g/mol. The lowest BCUT2D eigenvalue weighted by Crippen LogP contribution is -2.46. The molecule has 0 aromatic carbocycles. The quantitative estimate of drug-likeness (QED) is 0.872. The molecule has 1 N–H and O–H groups in total. The molecule has 0 radical (unpaired) electrons. The van der Waals surface area contributed by atoms with Gasteiger partial charge in [0.25, 0.3) is 0 Å². The molecule has 4 rings (SSSR count). The number of sulfone groups is 1. The number of aromatic nitrogens is 1. The minimum atomic E-state index is -3.28. The number of amides is 1. The predicted molar refractivity (Wildman–Crippen MR) is 101 cm³/mol. The van der Waals surface area contributed by atoms with Gasteiger partial charge in [-0.3, -0.25) is 9.78 Å². The molecule has 3 heterocycles. The van der Waals surface area contributed by atoms with E-state index in [1.807, 2.05) is 18.2 Å². The highest BCUT2D eigenvalue weighted by molar-refractivity contribution is 7.94. The van der Waals surface area contributed by atoms with E-state index in [1.54, 1.807) is 24.7 Å². The van der Waals surface area contributed by atoms with E-state index >= 15 is 0 Å². The number of hydrogen-bond donors (Lipinski definition) is 1. The third kappa shape index (κ3) is 2.68. The zero-order valence-electron chi connectivity index (χ0n) is 14.6. The molecule has 7 heteroatoms. The molecule has 0 saturated heterocycles. The first-order valence-corrected chi connectivity index (χ1v) is 11.4. The highest BCUT2D eigenvalue weighted by Crippen LogP contribution is 2.44. The van der Waals surface area contributed by atoms with Crippen LogP contribution in [0.25, 0.3) is 0 Å². The number of thiophene rings is 1. The molecular weight excluding hydrogens is 368 g/mol. The minimum Gasteiger partial charge on any atom is -0.348 e. The molecule has 138 valence electrons. The van der Waals surface area contributed by atoms with E-state index < -0.39 is 20.5 Å². The number of hydrogen-bond acceptors (Lipinski definition) is 5. The van der Waals surface area contributed by atoms with Crippen LogP contribution in [-0.2, 0) is 20.0 Å². The lowest BCUT2D eigenvalue weighted by atomic mass is 9.78. The number of carbonyl (C=O) groups excluding carboxylic acids is 1. The van der Waals surface area contributed by atoms with Gasteiger partial charge in [-0.1, -0.05) is 18.9 Å². The van der Waals surface area contributed by atoms with Crippen LogP contribution in [0.3, 0.4) is 0 Å². The van der Waals surface area contributed by atoms with Gasteiger partial charge in [0.1, 0.15) is 4.21 Å². The molecule has 1 amide bonds. The van der Waals surface area contributed by atoms with E-state index in [1.165, 1.54) is 11.3 Å². The third-order valence-electron chi connectivity index (χ3n) is 5.80. The zero-order chi connectivity index (χ0) is 18.4. The van der Waals surface area contributed by atoms with Crippen LogP contribution in [0.1, 0.15) is 56.2 Å². The maximum absolute atomic E-state index is 13.4. The molecule has 0 unspecified atom stereocenters. The summed E-state index contributed by atoms with van der Waals surface area (Å²) in [6.07, 6.45) is 7.57. The van der Waals surface area contributed by atoms with E-state index in [0.29, 0.717) is 10.6 Å². The van der Waals surface area contributed by atoms with Gasteiger partial charge in [0.15, 0.2) is 9.84 Å². The normalized spacial score (nSPS) is 26.2. The summed E-state index contributed by atoms with van der Waals surface area (Å²) in [6, 6.07) is 5.42. The summed E-state index contributed by atoms with van der Waals surface area (Å²) in [5.74, 6) is -0.00310. The Morgan fingerprint density at radius 2 is 2.08 bits per heavy atom. The molecule has 1 saturated carbocycles. The molecule has 2 aromatic rings. The molecule has 0 bridgehead atoms. The lowest BCUT2D eigenvalue weighted by Gasteiger charge is -2.33. The number of fused-ring (bicyclic) bond motifs is 1. The molecular formula is C19H22N2O3S2. The summed E-state index contributed by atoms with van der Waals surface area (Å²) in [5.41, 5.74) is 1.14. The SMILES string of the molecule is C[C@H]1C[C@H](NC(=O)C2(c3cccnc3)CCCC2)c2ccsc2S1(=O)=O. The second-order valence-corrected chi connectivity index (χ2v) is 10.8. The Morgan fingerprint density at radius 3 is 2.77 bits per heavy atom. The van der Waals surface area contributed by atoms with Crippen LogP contribution in [0.4, 0.5) is 0 Å². The highest BCUT2D eigenvalue weighted by atomic mass is 32.2. The van der Waals surface area contributed by atoms with Gasteiger partial charge < -0.3 is 5.32 Å². The van der Waals surface area contributed by atoms with E-state index in [-0.39, 0.29) is 11.9 Å². The Morgan fingerprint density at radius 1 is 1.31 bits per heavy atom. The van der Waals surface area contributed by atoms with Crippen molar-refractivity contribution >= 4 is 27.1 Å². The number of pyridine rings is 1. The number of rotatable bonds is 3. The van der Waals surface area contributed by atoms with Crippen LogP contribution in [0.5, 0.6) is 0 Å². The van der Waals surface area contributed by atoms with E-state index in [4.69, 9.17) is 0 Å². The monoisotopic (exact) mass is 390 g/mol. The molecule has 0 spiro atoms. The Kier molecular flexibility index (Phi) is 4.39. The van der Waals surface area contributed by atoms with Crippen molar-refractivity contribution in [3.05, 3.63) is 47.1 Å². The van der Waals surface area contributed by atoms with Crippen molar-refractivity contribution in [2.75, 3.05) is 0 Å². The van der Waals surface area contributed by atoms with Crippen LogP contribution >= 0.6 is 11.3 Å². The van der Waals surface area contributed by atoms with Crippen LogP contribution in [0, 0.1) is 0 Å². The van der Waals surface area contributed by atoms with E-state index in [9.17, 15) is 13.2 Å². The summed E-state index contributed by atoms with van der Waals surface area (Å²) >= 11 is 1.25. The predicted octanol–water partition coefficient (Wildman–Crippen LogP) is 3.38. The molecule has 5 nitrogen and oxygen atoms in total. The fraction of sp³-hybridized carbons (Fsp3) is 0.474. The summed E-state index contributed by atoms with van der Waals surface area (Å²) in [6.45, 7) is 1.73. The van der Waals surface area contributed by atoms with Crippen molar-refractivity contribution in [1.82, 2.24) is 10.3 Å². The van der Waals surface area contributed by atoms with Crippen molar-refractivity contribution in [3.8, 4) is 0 Å². The van der Waals surface area contributed by atoms with Crippen molar-refractivity contribution in [3.63, 3.8) is 0 Å². The maximum atomic E-state index is 13.4. The maximum Gasteiger partial charge on any atom is 0.231 e. The largest absolute Gasteiger partial charge is 0.348 e. The van der Waals surface area contributed by atoms with Gasteiger partial charge in [-0.15, -0.1) is 11.3 Å². The topological polar surface area (TPSA) is 76.1 Å². The first kappa shape index (κ1) is 17.7. The zero-order valence-corrected chi connectivity index (χ0v) is 16.3. The smallest absolute Gasteiger partial charge is 0.231 e. The van der Waals surface area contributed by atoms with Crippen molar-refractivity contribution in [2.24, 2.45) is 0 Å². The van der Waals surface area contributed by atoms with Gasteiger partial charge in [-0.05, 0) is 49.3 Å².